The molecule has 3 heterocycles. The van der Waals surface area contributed by atoms with Crippen LogP contribution in [0.2, 0.25) is 0 Å². The molecule has 1 aliphatic carbocycles. The molecule has 9 nitrogen and oxygen atoms in total. The molecule has 51 heavy (non-hydrogen) atoms. The number of fused-ring (bicyclic) bond motifs is 1. The van der Waals surface area contributed by atoms with Crippen molar-refractivity contribution in [2.24, 2.45) is 0 Å². The van der Waals surface area contributed by atoms with Gasteiger partial charge in [0.15, 0.2) is 11.3 Å². The first kappa shape index (κ1) is 39.6. The Bertz CT molecular complexity index is 1840. The van der Waals surface area contributed by atoms with E-state index >= 15 is 0 Å². The molecule has 276 valence electrons. The van der Waals surface area contributed by atoms with E-state index in [1.165, 1.54) is 17.0 Å². The number of carbonyl (C=O) groups is 2. The second-order valence-electron chi connectivity index (χ2n) is 12.8. The van der Waals surface area contributed by atoms with Gasteiger partial charge in [0.1, 0.15) is 35.2 Å². The van der Waals surface area contributed by atoms with E-state index in [4.69, 9.17) is 4.74 Å². The Kier molecular flexibility index (Phi) is 11.5. The number of rotatable bonds is 6. The second-order valence-corrected chi connectivity index (χ2v) is 13.7. The lowest BCUT2D eigenvalue weighted by Crippen LogP contribution is -2.63. The quantitative estimate of drug-likeness (QED) is 0.209. The molecule has 1 unspecified atom stereocenters. The molecular weight excluding hydrogens is 755 g/mol. The number of nitrogens with zero attached hydrogens (tertiary/aromatic N) is 4. The van der Waals surface area contributed by atoms with Crippen molar-refractivity contribution in [2.75, 3.05) is 13.1 Å². The highest BCUT2D eigenvalue weighted by atomic mass is 79.9. The Morgan fingerprint density at radius 1 is 1.10 bits per heavy atom. The summed E-state index contributed by atoms with van der Waals surface area (Å²) in [5.74, 6) is -1.20. The average Bonchev–Trinajstić information content (AvgIpc) is 3.52. The Morgan fingerprint density at radius 2 is 1.73 bits per heavy atom. The number of aromatic nitrogens is 3. The predicted octanol–water partition coefficient (Wildman–Crippen LogP) is 6.84. The summed E-state index contributed by atoms with van der Waals surface area (Å²) in [6.45, 7) is 7.76. The minimum Gasteiger partial charge on any atom is -0.444 e. The van der Waals surface area contributed by atoms with Crippen LogP contribution in [0.5, 0.6) is 0 Å². The molecule has 3 aromatic rings. The van der Waals surface area contributed by atoms with Crippen LogP contribution in [-0.4, -0.2) is 61.1 Å². The Hall–Kier alpha value is -4.17. The van der Waals surface area contributed by atoms with Gasteiger partial charge < -0.3 is 20.1 Å². The van der Waals surface area contributed by atoms with Crippen molar-refractivity contribution >= 4 is 27.9 Å². The SMILES string of the molecule is CC.CC(C)(C)OC(=O)N1CC(O)(C#Cc2ccc(Br)c(C(Cc3cc(F)cc(F)c3)NC(=O)Cn3nc(C(F)(F)F)c4c3C(F)(F)CC4)n2)C1. The van der Waals surface area contributed by atoms with Crippen molar-refractivity contribution in [2.45, 2.75) is 89.8 Å². The fraction of sp³-hybridized carbons (Fsp3) is 0.471. The van der Waals surface area contributed by atoms with E-state index in [1.54, 1.807) is 20.8 Å². The van der Waals surface area contributed by atoms with Gasteiger partial charge in [-0.3, -0.25) is 9.48 Å². The highest BCUT2D eigenvalue weighted by Gasteiger charge is 2.50. The lowest BCUT2D eigenvalue weighted by molar-refractivity contribution is -0.142. The molecule has 2 N–H and O–H groups in total. The molecule has 0 spiro atoms. The lowest BCUT2D eigenvalue weighted by Gasteiger charge is -2.43. The van der Waals surface area contributed by atoms with E-state index in [1.807, 2.05) is 13.8 Å². The van der Waals surface area contributed by atoms with Crippen LogP contribution in [0.15, 0.2) is 34.8 Å². The summed E-state index contributed by atoms with van der Waals surface area (Å²) >= 11 is 3.31. The standard InChI is InChI=1S/C32H29BrF7N5O4.C2H6/c1-29(2,3)49-28(47)44-15-30(48,16-44)8-6-20-4-5-22(33)25(41-20)23(12-17-10-18(34)13-19(35)11-17)42-24(46)14-45-27-21(7-9-31(27,36)37)26(43-45)32(38,39)40;1-2/h4-5,10-11,13,23,48H,7,9,12,14-16H2,1-3H3,(H,42,46);1-2H3. The topological polar surface area (TPSA) is 110 Å². The first-order valence-electron chi connectivity index (χ1n) is 15.8. The van der Waals surface area contributed by atoms with Gasteiger partial charge in [-0.2, -0.15) is 27.1 Å². The zero-order valence-corrected chi connectivity index (χ0v) is 29.8. The van der Waals surface area contributed by atoms with Gasteiger partial charge in [-0.1, -0.05) is 19.8 Å². The monoisotopic (exact) mass is 789 g/mol. The summed E-state index contributed by atoms with van der Waals surface area (Å²) < 4.78 is 104. The number of ether oxygens (including phenoxy) is 1. The first-order chi connectivity index (χ1) is 23.6. The van der Waals surface area contributed by atoms with E-state index < -0.39 is 89.3 Å². The number of halogens is 8. The van der Waals surface area contributed by atoms with E-state index in [0.717, 1.165) is 12.1 Å². The van der Waals surface area contributed by atoms with Gasteiger partial charge in [0, 0.05) is 22.5 Å². The number of β-amino-alcohol motifs (C(OH)–C–C–N with tert-alkyl or cyclic N) is 1. The molecule has 1 aliphatic heterocycles. The number of likely N-dealkylation sites (tertiary alicyclic amines) is 1. The van der Waals surface area contributed by atoms with Crippen LogP contribution in [0.1, 0.15) is 81.0 Å². The summed E-state index contributed by atoms with van der Waals surface area (Å²) in [7, 11) is 0. The number of pyridine rings is 1. The molecular formula is C34H35BrF7N5O4. The number of hydrogen-bond acceptors (Lipinski definition) is 6. The van der Waals surface area contributed by atoms with E-state index in [2.05, 4.69) is 43.2 Å². The minimum absolute atomic E-state index is 0.0601. The van der Waals surface area contributed by atoms with Crippen molar-refractivity contribution in [3.05, 3.63) is 80.3 Å². The molecule has 2 amide bonds. The molecule has 1 aromatic carbocycles. The summed E-state index contributed by atoms with van der Waals surface area (Å²) in [6, 6.07) is 4.37. The average molecular weight is 791 g/mol. The van der Waals surface area contributed by atoms with Gasteiger partial charge in [-0.15, -0.1) is 0 Å². The van der Waals surface area contributed by atoms with Crippen LogP contribution in [0.4, 0.5) is 35.5 Å². The zero-order valence-electron chi connectivity index (χ0n) is 28.2. The summed E-state index contributed by atoms with van der Waals surface area (Å²) in [6.07, 6.45) is -7.41. The fourth-order valence-electron chi connectivity index (χ4n) is 5.52. The lowest BCUT2D eigenvalue weighted by atomic mass is 9.95. The number of nitrogens with one attached hydrogen (secondary N) is 1. The molecule has 1 atom stereocenters. The van der Waals surface area contributed by atoms with Gasteiger partial charge >= 0.3 is 12.3 Å². The molecule has 2 aromatic heterocycles. The smallest absolute Gasteiger partial charge is 0.435 e. The fourth-order valence-corrected chi connectivity index (χ4v) is 6.01. The van der Waals surface area contributed by atoms with Crippen LogP contribution in [0, 0.1) is 23.5 Å². The molecule has 5 rings (SSSR count). The highest BCUT2D eigenvalue weighted by Crippen LogP contribution is 2.46. The van der Waals surface area contributed by atoms with Crippen LogP contribution in [0.3, 0.4) is 0 Å². The molecule has 1 saturated heterocycles. The van der Waals surface area contributed by atoms with E-state index in [-0.39, 0.29) is 40.9 Å². The largest absolute Gasteiger partial charge is 0.444 e. The van der Waals surface area contributed by atoms with E-state index in [9.17, 15) is 45.4 Å². The number of alkyl halides is 5. The van der Waals surface area contributed by atoms with Gasteiger partial charge in [0.2, 0.25) is 5.91 Å². The van der Waals surface area contributed by atoms with Gasteiger partial charge in [0.05, 0.1) is 24.8 Å². The van der Waals surface area contributed by atoms with Crippen LogP contribution in [0.25, 0.3) is 0 Å². The van der Waals surface area contributed by atoms with Crippen molar-refractivity contribution in [3.63, 3.8) is 0 Å². The van der Waals surface area contributed by atoms with Crippen molar-refractivity contribution in [1.29, 1.82) is 0 Å². The molecule has 0 saturated carbocycles. The third-order valence-electron chi connectivity index (χ3n) is 7.53. The van der Waals surface area contributed by atoms with Gasteiger partial charge in [-0.05, 0) is 85.3 Å². The normalized spacial score (nSPS) is 16.5. The molecule has 1 fully saturated rings. The van der Waals surface area contributed by atoms with Crippen LogP contribution in [-0.2, 0) is 41.0 Å². The third-order valence-corrected chi connectivity index (χ3v) is 8.20. The number of benzene rings is 1. The van der Waals surface area contributed by atoms with Crippen LogP contribution >= 0.6 is 15.9 Å². The van der Waals surface area contributed by atoms with Gasteiger partial charge in [0.25, 0.3) is 5.92 Å². The number of carbonyl (C=O) groups excluding carboxylic acids is 2. The van der Waals surface area contributed by atoms with Gasteiger partial charge in [-0.25, -0.2) is 18.6 Å². The first-order valence-corrected chi connectivity index (χ1v) is 16.6. The van der Waals surface area contributed by atoms with Crippen molar-refractivity contribution in [3.8, 4) is 11.8 Å². The third kappa shape index (κ3) is 9.59. The Balaban J connectivity index is 0.00000286. The highest BCUT2D eigenvalue weighted by molar-refractivity contribution is 9.10. The summed E-state index contributed by atoms with van der Waals surface area (Å²) in [5.41, 5.74) is -5.32. The maximum absolute atomic E-state index is 14.6. The minimum atomic E-state index is -5.03. The molecule has 0 radical (unpaired) electrons. The maximum Gasteiger partial charge on any atom is 0.435 e. The number of aliphatic hydroxyl groups is 1. The van der Waals surface area contributed by atoms with Crippen LogP contribution < -0.4 is 5.32 Å². The summed E-state index contributed by atoms with van der Waals surface area (Å²) in [4.78, 5) is 31.2. The van der Waals surface area contributed by atoms with Crippen molar-refractivity contribution < 1.29 is 50.2 Å². The summed E-state index contributed by atoms with van der Waals surface area (Å²) in [5, 5.41) is 16.6. The number of amides is 2. The maximum atomic E-state index is 14.6. The molecule has 2 aliphatic rings. The Morgan fingerprint density at radius 3 is 2.31 bits per heavy atom. The number of hydrogen-bond donors (Lipinski definition) is 2. The van der Waals surface area contributed by atoms with Crippen molar-refractivity contribution in [1.82, 2.24) is 25.0 Å². The molecule has 0 bridgehead atoms. The molecule has 17 heteroatoms. The zero-order chi connectivity index (χ0) is 38.1. The second kappa shape index (κ2) is 14.8. The predicted molar refractivity (Wildman–Crippen MR) is 173 cm³/mol. The van der Waals surface area contributed by atoms with E-state index in [0.29, 0.717) is 10.7 Å². The Labute approximate surface area is 297 Å².